The molecule has 1 heterocycles. The number of nitrogens with one attached hydrogen (secondary N) is 1. The minimum Gasteiger partial charge on any atom is -0.493 e. The van der Waals surface area contributed by atoms with E-state index < -0.39 is 0 Å². The van der Waals surface area contributed by atoms with Gasteiger partial charge in [-0.1, -0.05) is 30.3 Å². The van der Waals surface area contributed by atoms with E-state index in [1.807, 2.05) is 55.5 Å². The van der Waals surface area contributed by atoms with Crippen molar-refractivity contribution in [3.05, 3.63) is 59.9 Å². The summed E-state index contributed by atoms with van der Waals surface area (Å²) in [6, 6.07) is 17.6. The van der Waals surface area contributed by atoms with E-state index in [0.29, 0.717) is 18.0 Å². The first-order valence-electron chi connectivity index (χ1n) is 7.10. The summed E-state index contributed by atoms with van der Waals surface area (Å²) in [4.78, 5) is 7.64. The number of fused-ring (bicyclic) bond motifs is 1. The van der Waals surface area contributed by atoms with Crippen LogP contribution in [0.1, 0.15) is 18.3 Å². The normalized spacial score (nSPS) is 11.4. The van der Waals surface area contributed by atoms with Gasteiger partial charge in [-0.25, -0.2) is 4.98 Å². The molecule has 4 heteroatoms. The zero-order valence-corrected chi connectivity index (χ0v) is 12.2. The number of aromatic amines is 1. The monoisotopic (exact) mass is 289 g/mol. The molecule has 0 aliphatic rings. The molecule has 4 nitrogen and oxygen atoms in total. The maximum atomic E-state index is 9.47. The molecule has 0 amide bonds. The van der Waals surface area contributed by atoms with Crippen molar-refractivity contribution in [3.8, 4) is 11.8 Å². The maximum absolute atomic E-state index is 9.47. The van der Waals surface area contributed by atoms with Crippen molar-refractivity contribution < 1.29 is 4.74 Å². The number of benzene rings is 2. The van der Waals surface area contributed by atoms with Crippen LogP contribution < -0.4 is 4.74 Å². The Kier molecular flexibility index (Phi) is 3.88. The third kappa shape index (κ3) is 2.70. The first-order valence-corrected chi connectivity index (χ1v) is 7.10. The van der Waals surface area contributed by atoms with Crippen molar-refractivity contribution in [2.45, 2.75) is 6.92 Å². The fourth-order valence-electron chi connectivity index (χ4n) is 2.28. The Morgan fingerprint density at radius 2 is 2.00 bits per heavy atom. The highest BCUT2D eigenvalue weighted by Crippen LogP contribution is 2.24. The van der Waals surface area contributed by atoms with Crippen LogP contribution in [0, 0.1) is 11.3 Å². The lowest BCUT2D eigenvalue weighted by atomic mass is 10.1. The van der Waals surface area contributed by atoms with Crippen molar-refractivity contribution in [2.75, 3.05) is 6.61 Å². The standard InChI is InChI=1S/C18H15N3O/c1-2-22-17-10-6-3-7-13(17)11-14(12-19)18-20-15-8-4-5-9-16(15)21-18/h3-11H,2H2,1H3,(H,20,21). The van der Waals surface area contributed by atoms with E-state index in [0.717, 1.165) is 22.3 Å². The van der Waals surface area contributed by atoms with E-state index >= 15 is 0 Å². The number of hydrogen-bond donors (Lipinski definition) is 1. The SMILES string of the molecule is CCOc1ccccc1C=C(C#N)c1nc2ccccc2[nH]1. The van der Waals surface area contributed by atoms with Gasteiger partial charge in [0.15, 0.2) is 0 Å². The second kappa shape index (κ2) is 6.15. The molecule has 0 saturated carbocycles. The number of imidazole rings is 1. The molecule has 1 N–H and O–H groups in total. The third-order valence-electron chi connectivity index (χ3n) is 3.28. The lowest BCUT2D eigenvalue weighted by Gasteiger charge is -2.06. The Balaban J connectivity index is 2.06. The molecule has 2 aromatic carbocycles. The lowest BCUT2D eigenvalue weighted by Crippen LogP contribution is -1.94. The molecule has 0 aliphatic heterocycles. The van der Waals surface area contributed by atoms with Gasteiger partial charge in [0.25, 0.3) is 0 Å². The average Bonchev–Trinajstić information content (AvgIpc) is 2.98. The van der Waals surface area contributed by atoms with E-state index in [1.54, 1.807) is 6.08 Å². The summed E-state index contributed by atoms with van der Waals surface area (Å²) in [5, 5.41) is 9.47. The van der Waals surface area contributed by atoms with E-state index in [9.17, 15) is 5.26 Å². The Morgan fingerprint density at radius 3 is 2.77 bits per heavy atom. The molecule has 0 unspecified atom stereocenters. The van der Waals surface area contributed by atoms with Gasteiger partial charge in [0.05, 0.1) is 23.2 Å². The zero-order chi connectivity index (χ0) is 15.4. The summed E-state index contributed by atoms with van der Waals surface area (Å²) in [5.41, 5.74) is 3.10. The maximum Gasteiger partial charge on any atom is 0.149 e. The highest BCUT2D eigenvalue weighted by Gasteiger charge is 2.09. The number of hydrogen-bond acceptors (Lipinski definition) is 3. The van der Waals surface area contributed by atoms with E-state index in [2.05, 4.69) is 16.0 Å². The van der Waals surface area contributed by atoms with Crippen LogP contribution in [0.5, 0.6) is 5.75 Å². The number of H-pyrrole nitrogens is 1. The summed E-state index contributed by atoms with van der Waals surface area (Å²) in [6.07, 6.45) is 1.79. The molecule has 0 atom stereocenters. The predicted molar refractivity (Wildman–Crippen MR) is 87.2 cm³/mol. The summed E-state index contributed by atoms with van der Waals surface area (Å²) < 4.78 is 5.59. The molecule has 0 saturated heterocycles. The van der Waals surface area contributed by atoms with Crippen molar-refractivity contribution in [3.63, 3.8) is 0 Å². The van der Waals surface area contributed by atoms with Gasteiger partial charge in [0.1, 0.15) is 17.6 Å². The zero-order valence-electron chi connectivity index (χ0n) is 12.2. The van der Waals surface area contributed by atoms with Gasteiger partial charge >= 0.3 is 0 Å². The van der Waals surface area contributed by atoms with Crippen molar-refractivity contribution in [2.24, 2.45) is 0 Å². The molecule has 0 spiro atoms. The molecule has 0 bridgehead atoms. The third-order valence-corrected chi connectivity index (χ3v) is 3.28. The summed E-state index contributed by atoms with van der Waals surface area (Å²) in [5.74, 6) is 1.32. The van der Waals surface area contributed by atoms with E-state index in [-0.39, 0.29) is 0 Å². The predicted octanol–water partition coefficient (Wildman–Crippen LogP) is 4.03. The van der Waals surface area contributed by atoms with Gasteiger partial charge in [-0.05, 0) is 31.2 Å². The highest BCUT2D eigenvalue weighted by molar-refractivity contribution is 5.91. The molecule has 108 valence electrons. The Bertz CT molecular complexity index is 838. The number of aromatic nitrogens is 2. The van der Waals surface area contributed by atoms with Crippen LogP contribution >= 0.6 is 0 Å². The molecule has 3 rings (SSSR count). The number of nitriles is 1. The number of allylic oxidation sites excluding steroid dienone is 1. The van der Waals surface area contributed by atoms with Gasteiger partial charge in [0.2, 0.25) is 0 Å². The van der Waals surface area contributed by atoms with Gasteiger partial charge in [-0.15, -0.1) is 0 Å². The van der Waals surface area contributed by atoms with E-state index in [1.165, 1.54) is 0 Å². The lowest BCUT2D eigenvalue weighted by molar-refractivity contribution is 0.339. The van der Waals surface area contributed by atoms with Crippen LogP contribution in [0.25, 0.3) is 22.7 Å². The van der Waals surface area contributed by atoms with Crippen LogP contribution in [0.15, 0.2) is 48.5 Å². The fraction of sp³-hybridized carbons (Fsp3) is 0.111. The molecule has 3 aromatic rings. The van der Waals surface area contributed by atoms with Crippen molar-refractivity contribution in [1.82, 2.24) is 9.97 Å². The Hall–Kier alpha value is -3.06. The molecule has 0 aliphatic carbocycles. The number of rotatable bonds is 4. The molecule has 1 aromatic heterocycles. The Labute approximate surface area is 128 Å². The first kappa shape index (κ1) is 13.9. The quantitative estimate of drug-likeness (QED) is 0.738. The van der Waals surface area contributed by atoms with Crippen LogP contribution in [0.3, 0.4) is 0 Å². The second-order valence-corrected chi connectivity index (χ2v) is 4.74. The second-order valence-electron chi connectivity index (χ2n) is 4.74. The molecular weight excluding hydrogens is 274 g/mol. The van der Waals surface area contributed by atoms with E-state index in [4.69, 9.17) is 4.74 Å². The molecule has 0 fully saturated rings. The number of para-hydroxylation sites is 3. The summed E-state index contributed by atoms with van der Waals surface area (Å²) in [6.45, 7) is 2.52. The van der Waals surface area contributed by atoms with Gasteiger partial charge < -0.3 is 9.72 Å². The topological polar surface area (TPSA) is 61.7 Å². The summed E-state index contributed by atoms with van der Waals surface area (Å²) in [7, 11) is 0. The molecule has 22 heavy (non-hydrogen) atoms. The smallest absolute Gasteiger partial charge is 0.149 e. The van der Waals surface area contributed by atoms with Crippen molar-refractivity contribution >= 4 is 22.7 Å². The highest BCUT2D eigenvalue weighted by atomic mass is 16.5. The van der Waals surface area contributed by atoms with Gasteiger partial charge in [0, 0.05) is 5.56 Å². The van der Waals surface area contributed by atoms with Crippen molar-refractivity contribution in [1.29, 1.82) is 5.26 Å². The minimum absolute atomic E-state index is 0.475. The van der Waals surface area contributed by atoms with Gasteiger partial charge in [-0.2, -0.15) is 5.26 Å². The Morgan fingerprint density at radius 1 is 1.23 bits per heavy atom. The molecular formula is C18H15N3O. The minimum atomic E-state index is 0.475. The van der Waals surface area contributed by atoms with Crippen LogP contribution in [0.4, 0.5) is 0 Å². The summed E-state index contributed by atoms with van der Waals surface area (Å²) >= 11 is 0. The number of ether oxygens (including phenoxy) is 1. The van der Waals surface area contributed by atoms with Crippen LogP contribution in [0.2, 0.25) is 0 Å². The fourth-order valence-corrected chi connectivity index (χ4v) is 2.28. The first-order chi connectivity index (χ1) is 10.8. The largest absolute Gasteiger partial charge is 0.493 e. The van der Waals surface area contributed by atoms with Crippen LogP contribution in [-0.2, 0) is 0 Å². The van der Waals surface area contributed by atoms with Gasteiger partial charge in [-0.3, -0.25) is 0 Å². The number of nitrogens with zero attached hydrogens (tertiary/aromatic N) is 2. The molecule has 0 radical (unpaired) electrons. The van der Waals surface area contributed by atoms with Crippen LogP contribution in [-0.4, -0.2) is 16.6 Å². The average molecular weight is 289 g/mol.